The van der Waals surface area contributed by atoms with Gasteiger partial charge in [-0.15, -0.1) is 0 Å². The highest BCUT2D eigenvalue weighted by Gasteiger charge is 2.13. The fraction of sp³-hybridized carbons (Fsp3) is 0.308. The number of carbonyl (C=O) groups excluding carboxylic acids is 1. The molecule has 2 rings (SSSR count). The molecule has 6 heteroatoms. The van der Waals surface area contributed by atoms with E-state index in [9.17, 15) is 9.59 Å². The number of aryl methyl sites for hydroxylation is 1. The van der Waals surface area contributed by atoms with Crippen LogP contribution in [-0.2, 0) is 11.8 Å². The normalized spacial score (nSPS) is 10.4. The van der Waals surface area contributed by atoms with Gasteiger partial charge in [0.15, 0.2) is 5.58 Å². The smallest absolute Gasteiger partial charge is 0.408 e. The van der Waals surface area contributed by atoms with Crippen LogP contribution < -0.4 is 10.7 Å². The van der Waals surface area contributed by atoms with Crippen molar-refractivity contribution < 1.29 is 9.21 Å². The number of oxazole rings is 1. The van der Waals surface area contributed by atoms with E-state index in [2.05, 4.69) is 0 Å². The topological polar surface area (TPSA) is 79.2 Å². The molecule has 98 valence electrons. The van der Waals surface area contributed by atoms with Gasteiger partial charge in [0, 0.05) is 38.7 Å². The lowest BCUT2D eigenvalue weighted by molar-refractivity contribution is -0.118. The summed E-state index contributed by atoms with van der Waals surface area (Å²) in [7, 11) is 3.25. The van der Waals surface area contributed by atoms with Crippen molar-refractivity contribution >= 4 is 22.7 Å². The van der Waals surface area contributed by atoms with Crippen LogP contribution in [0.1, 0.15) is 12.8 Å². The van der Waals surface area contributed by atoms with E-state index in [-0.39, 0.29) is 18.7 Å². The average Bonchev–Trinajstić information content (AvgIpc) is 2.70. The Balaban J connectivity index is 2.33. The summed E-state index contributed by atoms with van der Waals surface area (Å²) in [5.74, 6) is -0.593. The van der Waals surface area contributed by atoms with Crippen LogP contribution in [0.25, 0.3) is 11.1 Å². The predicted octanol–water partition coefficient (Wildman–Crippen LogP) is 1.40. The van der Waals surface area contributed by atoms with E-state index in [1.807, 2.05) is 6.07 Å². The lowest BCUT2D eigenvalue weighted by Crippen LogP contribution is -2.25. The fourth-order valence-corrected chi connectivity index (χ4v) is 1.81. The molecule has 0 spiro atoms. The first-order valence-electron chi connectivity index (χ1n) is 5.77. The molecule has 0 saturated carbocycles. The number of hydrogen-bond donors (Lipinski definition) is 0. The number of anilines is 1. The lowest BCUT2D eigenvalue weighted by atomic mass is 10.2. The van der Waals surface area contributed by atoms with E-state index < -0.39 is 5.76 Å². The van der Waals surface area contributed by atoms with Crippen LogP contribution in [0.5, 0.6) is 0 Å². The summed E-state index contributed by atoms with van der Waals surface area (Å²) in [5, 5.41) is 8.47. The zero-order chi connectivity index (χ0) is 14.0. The molecule has 19 heavy (non-hydrogen) atoms. The standard InChI is InChI=1S/C13H13N3O3/c1-15(12(17)4-3-7-14)9-5-6-10-11(8-9)19-13(18)16(10)2/h5-6,8H,3-4H2,1-2H3. The zero-order valence-corrected chi connectivity index (χ0v) is 10.7. The van der Waals surface area contributed by atoms with Crippen LogP contribution >= 0.6 is 0 Å². The van der Waals surface area contributed by atoms with Gasteiger partial charge < -0.3 is 9.32 Å². The number of aromatic nitrogens is 1. The van der Waals surface area contributed by atoms with Crippen molar-refractivity contribution in [2.45, 2.75) is 12.8 Å². The van der Waals surface area contributed by atoms with Crippen molar-refractivity contribution in [1.29, 1.82) is 5.26 Å². The minimum absolute atomic E-state index is 0.154. The highest BCUT2D eigenvalue weighted by Crippen LogP contribution is 2.21. The van der Waals surface area contributed by atoms with E-state index in [1.54, 1.807) is 32.3 Å². The molecule has 1 aromatic heterocycles. The van der Waals surface area contributed by atoms with Crippen LogP contribution in [0.4, 0.5) is 5.69 Å². The number of carbonyl (C=O) groups is 1. The number of rotatable bonds is 3. The molecule has 0 saturated heterocycles. The molecule has 0 radical (unpaired) electrons. The molecule has 1 aromatic carbocycles. The van der Waals surface area contributed by atoms with E-state index in [1.165, 1.54) is 9.47 Å². The molecule has 2 aromatic rings. The Kier molecular flexibility index (Phi) is 3.38. The third kappa shape index (κ3) is 2.36. The molecule has 0 unspecified atom stereocenters. The Labute approximate surface area is 109 Å². The van der Waals surface area contributed by atoms with Crippen molar-refractivity contribution in [3.8, 4) is 6.07 Å². The number of nitriles is 1. The van der Waals surface area contributed by atoms with Gasteiger partial charge in [0.25, 0.3) is 0 Å². The molecule has 0 aliphatic rings. The average molecular weight is 259 g/mol. The molecule has 0 N–H and O–H groups in total. The van der Waals surface area contributed by atoms with Crippen molar-refractivity contribution in [1.82, 2.24) is 4.57 Å². The van der Waals surface area contributed by atoms with E-state index >= 15 is 0 Å². The van der Waals surface area contributed by atoms with Crippen LogP contribution in [0.15, 0.2) is 27.4 Å². The maximum atomic E-state index is 11.8. The largest absolute Gasteiger partial charge is 0.419 e. The minimum atomic E-state index is -0.439. The molecule has 0 atom stereocenters. The third-order valence-electron chi connectivity index (χ3n) is 2.99. The zero-order valence-electron chi connectivity index (χ0n) is 10.7. The highest BCUT2D eigenvalue weighted by atomic mass is 16.4. The molecule has 0 aliphatic carbocycles. The van der Waals surface area contributed by atoms with Crippen molar-refractivity contribution in [2.24, 2.45) is 7.05 Å². The van der Waals surface area contributed by atoms with Crippen LogP contribution in [0.2, 0.25) is 0 Å². The number of benzene rings is 1. The first kappa shape index (κ1) is 12.9. The Hall–Kier alpha value is -2.55. The summed E-state index contributed by atoms with van der Waals surface area (Å²) < 4.78 is 6.47. The van der Waals surface area contributed by atoms with Gasteiger partial charge in [-0.25, -0.2) is 4.79 Å². The maximum Gasteiger partial charge on any atom is 0.419 e. The number of nitrogens with zero attached hydrogens (tertiary/aromatic N) is 3. The summed E-state index contributed by atoms with van der Waals surface area (Å²) >= 11 is 0. The van der Waals surface area contributed by atoms with Gasteiger partial charge in [-0.1, -0.05) is 0 Å². The first-order valence-corrected chi connectivity index (χ1v) is 5.77. The molecular weight excluding hydrogens is 246 g/mol. The van der Waals surface area contributed by atoms with Gasteiger partial charge in [-0.3, -0.25) is 9.36 Å². The number of amides is 1. The maximum absolute atomic E-state index is 11.8. The molecular formula is C13H13N3O3. The third-order valence-corrected chi connectivity index (χ3v) is 2.99. The second kappa shape index (κ2) is 4.98. The molecule has 1 amide bonds. The summed E-state index contributed by atoms with van der Waals surface area (Å²) in [5.41, 5.74) is 1.74. The molecule has 0 fully saturated rings. The van der Waals surface area contributed by atoms with Crippen LogP contribution in [0.3, 0.4) is 0 Å². The fourth-order valence-electron chi connectivity index (χ4n) is 1.81. The highest BCUT2D eigenvalue weighted by molar-refractivity contribution is 5.94. The molecule has 0 aliphatic heterocycles. The number of fused-ring (bicyclic) bond motifs is 1. The van der Waals surface area contributed by atoms with E-state index in [0.29, 0.717) is 16.8 Å². The summed E-state index contributed by atoms with van der Waals surface area (Å²) in [6, 6.07) is 7.04. The Morgan fingerprint density at radius 2 is 2.26 bits per heavy atom. The van der Waals surface area contributed by atoms with Gasteiger partial charge in [-0.05, 0) is 12.1 Å². The molecule has 1 heterocycles. The summed E-state index contributed by atoms with van der Waals surface area (Å²) in [6.07, 6.45) is 0.357. The Morgan fingerprint density at radius 3 is 2.95 bits per heavy atom. The van der Waals surface area contributed by atoms with Crippen molar-refractivity contribution in [3.05, 3.63) is 28.7 Å². The van der Waals surface area contributed by atoms with E-state index in [4.69, 9.17) is 9.68 Å². The van der Waals surface area contributed by atoms with Crippen LogP contribution in [-0.4, -0.2) is 17.5 Å². The molecule has 6 nitrogen and oxygen atoms in total. The first-order chi connectivity index (χ1) is 9.04. The van der Waals surface area contributed by atoms with Crippen molar-refractivity contribution in [2.75, 3.05) is 11.9 Å². The summed E-state index contributed by atoms with van der Waals surface area (Å²) in [4.78, 5) is 24.6. The Morgan fingerprint density at radius 1 is 1.53 bits per heavy atom. The van der Waals surface area contributed by atoms with E-state index in [0.717, 1.165) is 0 Å². The van der Waals surface area contributed by atoms with Gasteiger partial charge in [0.1, 0.15) is 0 Å². The molecule has 0 bridgehead atoms. The number of hydrogen-bond acceptors (Lipinski definition) is 4. The van der Waals surface area contributed by atoms with Gasteiger partial charge in [0.2, 0.25) is 5.91 Å². The van der Waals surface area contributed by atoms with Crippen LogP contribution in [0, 0.1) is 11.3 Å². The van der Waals surface area contributed by atoms with Gasteiger partial charge in [-0.2, -0.15) is 5.26 Å². The Bertz CT molecular complexity index is 721. The monoisotopic (exact) mass is 259 g/mol. The van der Waals surface area contributed by atoms with Gasteiger partial charge >= 0.3 is 5.76 Å². The predicted molar refractivity (Wildman–Crippen MR) is 69.7 cm³/mol. The second-order valence-electron chi connectivity index (χ2n) is 4.19. The quantitative estimate of drug-likeness (QED) is 0.834. The SMILES string of the molecule is CN(C(=O)CCC#N)c1ccc2c(c1)oc(=O)n2C. The summed E-state index contributed by atoms with van der Waals surface area (Å²) in [6.45, 7) is 0. The van der Waals surface area contributed by atoms with Crippen molar-refractivity contribution in [3.63, 3.8) is 0 Å². The lowest BCUT2D eigenvalue weighted by Gasteiger charge is -2.16. The minimum Gasteiger partial charge on any atom is -0.408 e. The van der Waals surface area contributed by atoms with Gasteiger partial charge in [0.05, 0.1) is 11.6 Å². The second-order valence-corrected chi connectivity index (χ2v) is 4.19.